The lowest BCUT2D eigenvalue weighted by molar-refractivity contribution is 0.333. The molecule has 1 heterocycles. The molecule has 0 amide bonds. The van der Waals surface area contributed by atoms with E-state index in [1.165, 1.54) is 37.6 Å². The molecule has 0 radical (unpaired) electrons. The molecule has 3 rings (SSSR count). The molecule has 19 heavy (non-hydrogen) atoms. The van der Waals surface area contributed by atoms with E-state index in [9.17, 15) is 13.2 Å². The Bertz CT molecular complexity index is 603. The van der Waals surface area contributed by atoms with Crippen molar-refractivity contribution in [3.63, 3.8) is 0 Å². The molecule has 0 aromatic carbocycles. The van der Waals surface area contributed by atoms with E-state index in [2.05, 4.69) is 9.71 Å². The highest BCUT2D eigenvalue weighted by Crippen LogP contribution is 2.47. The van der Waals surface area contributed by atoms with Crippen LogP contribution in [0.1, 0.15) is 25.7 Å². The molecule has 3 atom stereocenters. The van der Waals surface area contributed by atoms with Crippen LogP contribution in [0.5, 0.6) is 0 Å². The molecule has 3 unspecified atom stereocenters. The van der Waals surface area contributed by atoms with Crippen molar-refractivity contribution < 1.29 is 8.42 Å². The maximum atomic E-state index is 12.1. The summed E-state index contributed by atoms with van der Waals surface area (Å²) in [6.45, 7) is 0.516. The molecule has 2 N–H and O–H groups in total. The Balaban J connectivity index is 1.65. The van der Waals surface area contributed by atoms with Gasteiger partial charge in [-0.3, -0.25) is 4.79 Å². The SMILES string of the molecule is O=c1ccc(S(=O)(=O)NCC2CC3CCC2C3)c[nH]1. The van der Waals surface area contributed by atoms with Gasteiger partial charge in [-0.15, -0.1) is 0 Å². The Labute approximate surface area is 112 Å². The smallest absolute Gasteiger partial charge is 0.247 e. The van der Waals surface area contributed by atoms with Gasteiger partial charge in [-0.2, -0.15) is 0 Å². The first-order valence-electron chi connectivity index (χ1n) is 6.73. The van der Waals surface area contributed by atoms with Crippen LogP contribution >= 0.6 is 0 Å². The van der Waals surface area contributed by atoms with E-state index in [-0.39, 0.29) is 10.5 Å². The number of H-pyrrole nitrogens is 1. The lowest BCUT2D eigenvalue weighted by atomic mass is 9.89. The summed E-state index contributed by atoms with van der Waals surface area (Å²) < 4.78 is 26.8. The molecule has 0 aliphatic heterocycles. The van der Waals surface area contributed by atoms with Crippen LogP contribution in [0.3, 0.4) is 0 Å². The average molecular weight is 282 g/mol. The minimum absolute atomic E-state index is 0.121. The number of pyridine rings is 1. The topological polar surface area (TPSA) is 79.0 Å². The zero-order valence-corrected chi connectivity index (χ0v) is 11.4. The number of nitrogens with one attached hydrogen (secondary N) is 2. The minimum Gasteiger partial charge on any atom is -0.328 e. The predicted octanol–water partition coefficient (Wildman–Crippen LogP) is 1.09. The molecule has 2 aliphatic rings. The Kier molecular flexibility index (Phi) is 3.22. The van der Waals surface area contributed by atoms with Gasteiger partial charge in [0.15, 0.2) is 0 Å². The zero-order valence-electron chi connectivity index (χ0n) is 10.6. The maximum Gasteiger partial charge on any atom is 0.247 e. The summed E-state index contributed by atoms with van der Waals surface area (Å²) in [5.41, 5.74) is -0.299. The van der Waals surface area contributed by atoms with Crippen LogP contribution in [0.25, 0.3) is 0 Å². The van der Waals surface area contributed by atoms with Crippen LogP contribution in [-0.4, -0.2) is 19.9 Å². The van der Waals surface area contributed by atoms with Crippen molar-refractivity contribution in [3.8, 4) is 0 Å². The third kappa shape index (κ3) is 2.60. The molecule has 2 aliphatic carbocycles. The number of hydrogen-bond donors (Lipinski definition) is 2. The molecule has 1 aromatic heterocycles. The minimum atomic E-state index is -3.50. The molecule has 2 saturated carbocycles. The van der Waals surface area contributed by atoms with Gasteiger partial charge in [-0.25, -0.2) is 13.1 Å². The number of sulfonamides is 1. The second-order valence-electron chi connectivity index (χ2n) is 5.68. The molecule has 0 spiro atoms. The largest absolute Gasteiger partial charge is 0.328 e. The quantitative estimate of drug-likeness (QED) is 0.867. The summed E-state index contributed by atoms with van der Waals surface area (Å²) in [6.07, 6.45) is 6.22. The van der Waals surface area contributed by atoms with Crippen LogP contribution < -0.4 is 10.3 Å². The molecular weight excluding hydrogens is 264 g/mol. The standard InChI is InChI=1S/C13H18N2O3S/c16-13-4-3-12(8-14-13)19(17,18)15-7-11-6-9-1-2-10(11)5-9/h3-4,8-11,15H,1-2,5-7H2,(H,14,16). The van der Waals surface area contributed by atoms with E-state index < -0.39 is 10.0 Å². The van der Waals surface area contributed by atoms with Crippen LogP contribution in [0, 0.1) is 17.8 Å². The molecule has 2 fully saturated rings. The maximum absolute atomic E-state index is 12.1. The highest BCUT2D eigenvalue weighted by Gasteiger charge is 2.39. The summed E-state index contributed by atoms with van der Waals surface area (Å²) in [5, 5.41) is 0. The Morgan fingerprint density at radius 3 is 2.68 bits per heavy atom. The van der Waals surface area contributed by atoms with Crippen LogP contribution in [0.15, 0.2) is 28.0 Å². The summed E-state index contributed by atoms with van der Waals surface area (Å²) in [5.74, 6) is 1.99. The number of aromatic nitrogens is 1. The van der Waals surface area contributed by atoms with Crippen LogP contribution in [0.2, 0.25) is 0 Å². The Hall–Kier alpha value is -1.14. The second kappa shape index (κ2) is 4.76. The molecule has 104 valence electrons. The average Bonchev–Trinajstić information content (AvgIpc) is 2.99. The first-order valence-corrected chi connectivity index (χ1v) is 8.21. The third-order valence-corrected chi connectivity index (χ3v) is 5.91. The van der Waals surface area contributed by atoms with Gasteiger partial charge in [0, 0.05) is 18.8 Å². The summed E-state index contributed by atoms with van der Waals surface area (Å²) in [4.78, 5) is 13.4. The normalized spacial score (nSPS) is 29.8. The summed E-state index contributed by atoms with van der Waals surface area (Å²) >= 11 is 0. The van der Waals surface area contributed by atoms with Crippen molar-refractivity contribution in [2.24, 2.45) is 17.8 Å². The monoisotopic (exact) mass is 282 g/mol. The van der Waals surface area contributed by atoms with E-state index >= 15 is 0 Å². The summed E-state index contributed by atoms with van der Waals surface area (Å²) in [7, 11) is -3.50. The fourth-order valence-electron chi connectivity index (χ4n) is 3.49. The fourth-order valence-corrected chi connectivity index (χ4v) is 4.55. The van der Waals surface area contributed by atoms with Gasteiger partial charge in [0.05, 0.1) is 4.90 Å². The molecule has 0 saturated heterocycles. The van der Waals surface area contributed by atoms with Crippen molar-refractivity contribution in [2.45, 2.75) is 30.6 Å². The summed E-state index contributed by atoms with van der Waals surface area (Å²) in [6, 6.07) is 2.56. The van der Waals surface area contributed by atoms with E-state index in [1.54, 1.807) is 0 Å². The van der Waals surface area contributed by atoms with Gasteiger partial charge in [-0.05, 0) is 43.1 Å². The Morgan fingerprint density at radius 2 is 2.11 bits per heavy atom. The lowest BCUT2D eigenvalue weighted by Crippen LogP contribution is -2.31. The van der Waals surface area contributed by atoms with Crippen LogP contribution in [-0.2, 0) is 10.0 Å². The van der Waals surface area contributed by atoms with Crippen molar-refractivity contribution in [2.75, 3.05) is 6.54 Å². The highest BCUT2D eigenvalue weighted by atomic mass is 32.2. The molecule has 5 nitrogen and oxygen atoms in total. The predicted molar refractivity (Wildman–Crippen MR) is 71.2 cm³/mol. The number of aromatic amines is 1. The fraction of sp³-hybridized carbons (Fsp3) is 0.615. The second-order valence-corrected chi connectivity index (χ2v) is 7.44. The number of rotatable bonds is 4. The van der Waals surface area contributed by atoms with E-state index in [0.29, 0.717) is 18.4 Å². The van der Waals surface area contributed by atoms with Gasteiger partial charge in [0.25, 0.3) is 0 Å². The zero-order chi connectivity index (χ0) is 13.5. The number of fused-ring (bicyclic) bond motifs is 2. The molecule has 1 aromatic rings. The van der Waals surface area contributed by atoms with Gasteiger partial charge in [0.1, 0.15) is 0 Å². The van der Waals surface area contributed by atoms with Gasteiger partial charge >= 0.3 is 0 Å². The van der Waals surface area contributed by atoms with Crippen LogP contribution in [0.4, 0.5) is 0 Å². The highest BCUT2D eigenvalue weighted by molar-refractivity contribution is 7.89. The molecule has 6 heteroatoms. The first-order chi connectivity index (χ1) is 9.04. The first kappa shape index (κ1) is 12.9. The van der Waals surface area contributed by atoms with Crippen molar-refractivity contribution in [1.29, 1.82) is 0 Å². The van der Waals surface area contributed by atoms with Crippen molar-refractivity contribution in [1.82, 2.24) is 9.71 Å². The Morgan fingerprint density at radius 1 is 1.26 bits per heavy atom. The van der Waals surface area contributed by atoms with Crippen molar-refractivity contribution in [3.05, 3.63) is 28.7 Å². The van der Waals surface area contributed by atoms with E-state index in [4.69, 9.17) is 0 Å². The van der Waals surface area contributed by atoms with Gasteiger partial charge in [0.2, 0.25) is 15.6 Å². The van der Waals surface area contributed by atoms with Gasteiger partial charge < -0.3 is 4.98 Å². The third-order valence-electron chi connectivity index (χ3n) is 4.49. The van der Waals surface area contributed by atoms with Crippen molar-refractivity contribution >= 4 is 10.0 Å². The molecule has 2 bridgehead atoms. The molecular formula is C13H18N2O3S. The van der Waals surface area contributed by atoms with E-state index in [1.807, 2.05) is 0 Å². The van der Waals surface area contributed by atoms with Gasteiger partial charge in [-0.1, -0.05) is 6.42 Å². The number of hydrogen-bond acceptors (Lipinski definition) is 3. The van der Waals surface area contributed by atoms with E-state index in [0.717, 1.165) is 12.3 Å². The lowest BCUT2D eigenvalue weighted by Gasteiger charge is -2.21.